The minimum absolute atomic E-state index is 0.0784. The second-order valence-electron chi connectivity index (χ2n) is 9.62. The van der Waals surface area contributed by atoms with Gasteiger partial charge in [0, 0.05) is 0 Å². The van der Waals surface area contributed by atoms with E-state index in [1.807, 2.05) is 20.8 Å². The van der Waals surface area contributed by atoms with Gasteiger partial charge in [0.2, 0.25) is 0 Å². The molecule has 0 saturated carbocycles. The molecule has 0 aromatic rings. The first-order valence-electron chi connectivity index (χ1n) is 11.8. The molecule has 0 aromatic heterocycles. The molecule has 1 amide bonds. The lowest BCUT2D eigenvalue weighted by molar-refractivity contribution is -0.159. The molecule has 182 valence electrons. The SMILES string of the molecule is CCCCCCCC[C@H](C)[C@H](CC(=O)O)OC(=O)[C@H](NC(=O)OC(C)(C)C)[C@@H](C)CC. The van der Waals surface area contributed by atoms with Gasteiger partial charge in [-0.2, -0.15) is 0 Å². The largest absolute Gasteiger partial charge is 0.481 e. The van der Waals surface area contributed by atoms with Gasteiger partial charge in [0.1, 0.15) is 17.7 Å². The molecule has 31 heavy (non-hydrogen) atoms. The van der Waals surface area contributed by atoms with E-state index in [0.717, 1.165) is 19.3 Å². The van der Waals surface area contributed by atoms with Gasteiger partial charge in [-0.15, -0.1) is 0 Å². The average Bonchev–Trinajstić information content (AvgIpc) is 2.65. The number of carboxylic acid groups (broad SMARTS) is 1. The molecule has 0 bridgehead atoms. The predicted octanol–water partition coefficient (Wildman–Crippen LogP) is 5.70. The lowest BCUT2D eigenvalue weighted by atomic mass is 9.94. The number of ether oxygens (including phenoxy) is 2. The van der Waals surface area contributed by atoms with Gasteiger partial charge in [0.25, 0.3) is 0 Å². The summed E-state index contributed by atoms with van der Waals surface area (Å²) >= 11 is 0. The second kappa shape index (κ2) is 15.1. The molecule has 0 heterocycles. The highest BCUT2D eigenvalue weighted by Gasteiger charge is 2.33. The molecule has 7 nitrogen and oxygen atoms in total. The molecule has 0 saturated heterocycles. The normalized spacial score (nSPS) is 15.5. The molecular weight excluding hydrogens is 398 g/mol. The number of carbonyl (C=O) groups is 3. The van der Waals surface area contributed by atoms with Crippen molar-refractivity contribution in [1.82, 2.24) is 5.32 Å². The summed E-state index contributed by atoms with van der Waals surface area (Å²) in [7, 11) is 0. The molecule has 0 aliphatic rings. The molecule has 0 aliphatic heterocycles. The van der Waals surface area contributed by atoms with Gasteiger partial charge in [-0.05, 0) is 39.0 Å². The van der Waals surface area contributed by atoms with Gasteiger partial charge >= 0.3 is 18.0 Å². The van der Waals surface area contributed by atoms with E-state index in [2.05, 4.69) is 12.2 Å². The van der Waals surface area contributed by atoms with Crippen LogP contribution < -0.4 is 5.32 Å². The van der Waals surface area contributed by atoms with Crippen molar-refractivity contribution in [2.24, 2.45) is 11.8 Å². The maximum Gasteiger partial charge on any atom is 0.408 e. The summed E-state index contributed by atoms with van der Waals surface area (Å²) < 4.78 is 10.9. The molecule has 0 unspecified atom stereocenters. The number of carboxylic acids is 1. The summed E-state index contributed by atoms with van der Waals surface area (Å²) in [5.41, 5.74) is -0.689. The number of aliphatic carboxylic acids is 1. The third-order valence-electron chi connectivity index (χ3n) is 5.43. The lowest BCUT2D eigenvalue weighted by Gasteiger charge is -2.29. The molecule has 0 aromatic carbocycles. The van der Waals surface area contributed by atoms with Crippen LogP contribution in [0, 0.1) is 11.8 Å². The Hall–Kier alpha value is -1.79. The highest BCUT2D eigenvalue weighted by Crippen LogP contribution is 2.22. The molecule has 0 aliphatic carbocycles. The molecule has 0 spiro atoms. The van der Waals surface area contributed by atoms with E-state index < -0.39 is 35.8 Å². The predicted molar refractivity (Wildman–Crippen MR) is 122 cm³/mol. The van der Waals surface area contributed by atoms with Crippen molar-refractivity contribution in [2.75, 3.05) is 0 Å². The van der Waals surface area contributed by atoms with Crippen LogP contribution in [0.4, 0.5) is 4.79 Å². The number of hydrogen-bond donors (Lipinski definition) is 2. The Labute approximate surface area is 188 Å². The molecule has 7 heteroatoms. The molecule has 0 rings (SSSR count). The Morgan fingerprint density at radius 1 is 0.935 bits per heavy atom. The number of nitrogens with one attached hydrogen (secondary N) is 1. The van der Waals surface area contributed by atoms with E-state index in [1.165, 1.54) is 25.7 Å². The first-order valence-corrected chi connectivity index (χ1v) is 11.8. The minimum Gasteiger partial charge on any atom is -0.481 e. The highest BCUT2D eigenvalue weighted by molar-refractivity contribution is 5.82. The van der Waals surface area contributed by atoms with Crippen molar-refractivity contribution in [3.63, 3.8) is 0 Å². The lowest BCUT2D eigenvalue weighted by Crippen LogP contribution is -2.49. The zero-order chi connectivity index (χ0) is 24.0. The molecule has 4 atom stereocenters. The Kier molecular flexibility index (Phi) is 14.2. The number of rotatable bonds is 15. The summed E-state index contributed by atoms with van der Waals surface area (Å²) in [5, 5.41) is 11.9. The van der Waals surface area contributed by atoms with Crippen LogP contribution in [-0.2, 0) is 19.1 Å². The zero-order valence-corrected chi connectivity index (χ0v) is 20.7. The van der Waals surface area contributed by atoms with Gasteiger partial charge in [0.15, 0.2) is 0 Å². The van der Waals surface area contributed by atoms with Gasteiger partial charge < -0.3 is 19.9 Å². The number of amides is 1. The first-order chi connectivity index (χ1) is 14.4. The number of esters is 1. The first kappa shape index (κ1) is 29.2. The van der Waals surface area contributed by atoms with Gasteiger partial charge in [0.05, 0.1) is 6.42 Å². The average molecular weight is 444 g/mol. The summed E-state index contributed by atoms with van der Waals surface area (Å²) in [5.74, 6) is -1.88. The number of unbranched alkanes of at least 4 members (excludes halogenated alkanes) is 5. The molecule has 2 N–H and O–H groups in total. The Balaban J connectivity index is 5.03. The quantitative estimate of drug-likeness (QED) is 0.249. The van der Waals surface area contributed by atoms with Crippen LogP contribution in [0.5, 0.6) is 0 Å². The van der Waals surface area contributed by atoms with Gasteiger partial charge in [-0.25, -0.2) is 9.59 Å². The van der Waals surface area contributed by atoms with Crippen molar-refractivity contribution in [3.05, 3.63) is 0 Å². The third-order valence-corrected chi connectivity index (χ3v) is 5.43. The van der Waals surface area contributed by atoms with Crippen molar-refractivity contribution in [3.8, 4) is 0 Å². The zero-order valence-electron chi connectivity index (χ0n) is 20.7. The smallest absolute Gasteiger partial charge is 0.408 e. The maximum atomic E-state index is 12.9. The van der Waals surface area contributed by atoms with Crippen LogP contribution in [0.3, 0.4) is 0 Å². The Morgan fingerprint density at radius 2 is 1.52 bits per heavy atom. The minimum atomic E-state index is -1.01. The maximum absolute atomic E-state index is 12.9. The van der Waals surface area contributed by atoms with E-state index in [9.17, 15) is 19.5 Å². The monoisotopic (exact) mass is 443 g/mol. The molecule has 0 radical (unpaired) electrons. The van der Waals surface area contributed by atoms with Crippen LogP contribution >= 0.6 is 0 Å². The number of hydrogen-bond acceptors (Lipinski definition) is 5. The van der Waals surface area contributed by atoms with Crippen molar-refractivity contribution in [1.29, 1.82) is 0 Å². The standard InChI is InChI=1S/C24H45NO6/c1-8-10-11-12-13-14-15-18(4)19(16-20(26)27)30-22(28)21(17(3)9-2)25-23(29)31-24(5,6)7/h17-19,21H,8-16H2,1-7H3,(H,25,29)(H,26,27)/t17-,18-,19-,21+/m0/s1. The molecule has 0 fully saturated rings. The van der Waals surface area contributed by atoms with E-state index in [1.54, 1.807) is 20.8 Å². The van der Waals surface area contributed by atoms with Crippen molar-refractivity contribution in [2.45, 2.75) is 124 Å². The van der Waals surface area contributed by atoms with E-state index in [0.29, 0.717) is 6.42 Å². The van der Waals surface area contributed by atoms with E-state index in [4.69, 9.17) is 9.47 Å². The summed E-state index contributed by atoms with van der Waals surface area (Å²) in [6.07, 6.45) is 6.65. The van der Waals surface area contributed by atoms with Crippen LogP contribution in [0.1, 0.15) is 106 Å². The van der Waals surface area contributed by atoms with E-state index >= 15 is 0 Å². The summed E-state index contributed by atoms with van der Waals surface area (Å²) in [4.78, 5) is 36.5. The fourth-order valence-electron chi connectivity index (χ4n) is 3.29. The van der Waals surface area contributed by atoms with Crippen LogP contribution in [0.25, 0.3) is 0 Å². The number of alkyl carbamates (subject to hydrolysis) is 1. The van der Waals surface area contributed by atoms with Crippen LogP contribution in [0.15, 0.2) is 0 Å². The topological polar surface area (TPSA) is 102 Å². The fraction of sp³-hybridized carbons (Fsp3) is 0.875. The van der Waals surface area contributed by atoms with Gasteiger partial charge in [-0.1, -0.05) is 72.6 Å². The third kappa shape index (κ3) is 14.0. The van der Waals surface area contributed by atoms with Crippen molar-refractivity contribution >= 4 is 18.0 Å². The van der Waals surface area contributed by atoms with E-state index in [-0.39, 0.29) is 18.3 Å². The fourth-order valence-corrected chi connectivity index (χ4v) is 3.29. The summed E-state index contributed by atoms with van der Waals surface area (Å²) in [6, 6.07) is -0.891. The molecular formula is C24H45NO6. The Bertz CT molecular complexity index is 543. The van der Waals surface area contributed by atoms with Crippen LogP contribution in [0.2, 0.25) is 0 Å². The number of carbonyl (C=O) groups excluding carboxylic acids is 2. The summed E-state index contributed by atoms with van der Waals surface area (Å²) in [6.45, 7) is 13.1. The van der Waals surface area contributed by atoms with Crippen LogP contribution in [-0.4, -0.2) is 40.9 Å². The van der Waals surface area contributed by atoms with Crippen molar-refractivity contribution < 1.29 is 29.0 Å². The Morgan fingerprint density at radius 3 is 2.03 bits per heavy atom. The van der Waals surface area contributed by atoms with Gasteiger partial charge in [-0.3, -0.25) is 4.79 Å². The highest BCUT2D eigenvalue weighted by atomic mass is 16.6. The second-order valence-corrected chi connectivity index (χ2v) is 9.62.